The third-order valence-corrected chi connectivity index (χ3v) is 6.33. The number of aromatic nitrogens is 2. The first-order valence-corrected chi connectivity index (χ1v) is 10.8. The summed E-state index contributed by atoms with van der Waals surface area (Å²) >= 11 is 3.24. The van der Waals surface area contributed by atoms with Crippen molar-refractivity contribution in [1.29, 1.82) is 0 Å². The van der Waals surface area contributed by atoms with Crippen molar-refractivity contribution in [2.24, 2.45) is 7.05 Å². The van der Waals surface area contributed by atoms with Crippen molar-refractivity contribution in [3.05, 3.63) is 90.6 Å². The fourth-order valence-corrected chi connectivity index (χ4v) is 4.38. The second kappa shape index (κ2) is 9.07. The number of furan rings is 1. The molecular weight excluding hydrogens is 402 g/mol. The van der Waals surface area contributed by atoms with Gasteiger partial charge < -0.3 is 14.3 Å². The lowest BCUT2D eigenvalue weighted by Crippen LogP contribution is -2.12. The van der Waals surface area contributed by atoms with Gasteiger partial charge in [-0.05, 0) is 42.5 Å². The maximum Gasteiger partial charge on any atom is 0.291 e. The topological polar surface area (TPSA) is 60.1 Å². The van der Waals surface area contributed by atoms with Gasteiger partial charge in [0.25, 0.3) is 5.91 Å². The molecule has 0 radical (unpaired) electrons. The molecule has 2 aromatic heterocycles. The van der Waals surface area contributed by atoms with Gasteiger partial charge in [-0.1, -0.05) is 30.0 Å². The van der Waals surface area contributed by atoms with E-state index in [1.165, 1.54) is 0 Å². The van der Waals surface area contributed by atoms with Crippen LogP contribution in [0.2, 0.25) is 0 Å². The molecule has 1 N–H and O–H groups in total. The minimum atomic E-state index is -0.247. The summed E-state index contributed by atoms with van der Waals surface area (Å²) in [6, 6.07) is 19.6. The number of carbonyl (C=O) groups is 1. The van der Waals surface area contributed by atoms with Crippen LogP contribution in [0.4, 0.5) is 5.69 Å². The zero-order valence-corrected chi connectivity index (χ0v) is 17.4. The van der Waals surface area contributed by atoms with Gasteiger partial charge in [-0.15, -0.1) is 11.8 Å². The molecule has 0 unspecified atom stereocenters. The quantitative estimate of drug-likeness (QED) is 0.387. The van der Waals surface area contributed by atoms with Crippen molar-refractivity contribution in [3.8, 4) is 0 Å². The number of hydrogen-bond acceptors (Lipinski definition) is 5. The van der Waals surface area contributed by atoms with Gasteiger partial charge in [-0.3, -0.25) is 4.79 Å². The molecule has 29 heavy (non-hydrogen) atoms. The lowest BCUT2D eigenvalue weighted by atomic mass is 10.2. The molecule has 7 heteroatoms. The lowest BCUT2D eigenvalue weighted by molar-refractivity contribution is 0.0996. The predicted octanol–water partition coefficient (Wildman–Crippen LogP) is 5.71. The molecule has 0 spiro atoms. The molecule has 0 aliphatic rings. The van der Waals surface area contributed by atoms with Crippen LogP contribution >= 0.6 is 23.5 Å². The van der Waals surface area contributed by atoms with Gasteiger partial charge in [0, 0.05) is 46.2 Å². The van der Waals surface area contributed by atoms with Crippen LogP contribution in [-0.2, 0) is 12.8 Å². The summed E-state index contributed by atoms with van der Waals surface area (Å²) < 4.78 is 7.42. The zero-order valence-electron chi connectivity index (χ0n) is 15.7. The Balaban J connectivity index is 1.38. The van der Waals surface area contributed by atoms with Crippen LogP contribution in [0.1, 0.15) is 16.1 Å². The maximum absolute atomic E-state index is 12.7. The molecule has 146 valence electrons. The summed E-state index contributed by atoms with van der Waals surface area (Å²) in [6.07, 6.45) is 5.24. The van der Waals surface area contributed by atoms with Crippen molar-refractivity contribution in [2.75, 3.05) is 5.32 Å². The molecule has 0 saturated heterocycles. The average molecular weight is 422 g/mol. The number of imidazole rings is 1. The molecule has 0 aliphatic carbocycles. The van der Waals surface area contributed by atoms with Crippen LogP contribution < -0.4 is 5.32 Å². The minimum Gasteiger partial charge on any atom is -0.459 e. The van der Waals surface area contributed by atoms with Gasteiger partial charge >= 0.3 is 0 Å². The smallest absolute Gasteiger partial charge is 0.291 e. The van der Waals surface area contributed by atoms with Crippen molar-refractivity contribution in [3.63, 3.8) is 0 Å². The highest BCUT2D eigenvalue weighted by Gasteiger charge is 2.16. The molecule has 1 amide bonds. The van der Waals surface area contributed by atoms with Crippen molar-refractivity contribution < 1.29 is 9.21 Å². The van der Waals surface area contributed by atoms with E-state index in [1.807, 2.05) is 66.3 Å². The van der Waals surface area contributed by atoms with Gasteiger partial charge in [-0.2, -0.15) is 0 Å². The number of benzene rings is 2. The number of hydrogen-bond donors (Lipinski definition) is 1. The third kappa shape index (κ3) is 4.93. The van der Waals surface area contributed by atoms with Crippen LogP contribution in [0, 0.1) is 0 Å². The Labute approximate surface area is 177 Å². The Morgan fingerprint density at radius 3 is 2.59 bits per heavy atom. The summed E-state index contributed by atoms with van der Waals surface area (Å²) in [5.41, 5.74) is 1.59. The number of aryl methyl sites for hydroxylation is 1. The summed E-state index contributed by atoms with van der Waals surface area (Å²) in [6.45, 7) is 0. The second-order valence-corrected chi connectivity index (χ2v) is 8.37. The Morgan fingerprint density at radius 2 is 1.86 bits per heavy atom. The highest BCUT2D eigenvalue weighted by Crippen LogP contribution is 2.28. The molecule has 0 fully saturated rings. The first-order valence-electron chi connectivity index (χ1n) is 9.00. The highest BCUT2D eigenvalue weighted by molar-refractivity contribution is 7.99. The Kier molecular flexibility index (Phi) is 6.07. The fourth-order valence-electron chi connectivity index (χ4n) is 2.68. The fraction of sp³-hybridized carbons (Fsp3) is 0.0909. The zero-order chi connectivity index (χ0) is 20.1. The van der Waals surface area contributed by atoms with Crippen LogP contribution in [0.25, 0.3) is 0 Å². The van der Waals surface area contributed by atoms with E-state index in [9.17, 15) is 4.79 Å². The molecule has 2 aromatic carbocycles. The van der Waals surface area contributed by atoms with Crippen LogP contribution in [0.15, 0.2) is 98.7 Å². The SMILES string of the molecule is Cn1ccnc1Sc1ccc(NC(=O)c2occc2CSc2ccccc2)cc1. The van der Waals surface area contributed by atoms with E-state index in [0.717, 1.165) is 26.2 Å². The van der Waals surface area contributed by atoms with E-state index in [4.69, 9.17) is 4.42 Å². The van der Waals surface area contributed by atoms with Crippen molar-refractivity contribution >= 4 is 35.1 Å². The molecule has 0 aliphatic heterocycles. The molecule has 0 atom stereocenters. The van der Waals surface area contributed by atoms with Gasteiger partial charge in [0.05, 0.1) is 6.26 Å². The van der Waals surface area contributed by atoms with E-state index < -0.39 is 0 Å². The molecule has 4 rings (SSSR count). The molecule has 5 nitrogen and oxygen atoms in total. The van der Waals surface area contributed by atoms with Crippen LogP contribution in [0.5, 0.6) is 0 Å². The highest BCUT2D eigenvalue weighted by atomic mass is 32.2. The first kappa shape index (κ1) is 19.4. The standard InChI is InChI=1S/C22H19N3O2S2/c1-25-13-12-23-22(25)29-19-9-7-17(8-10-19)24-21(26)20-16(11-14-27-20)15-28-18-5-3-2-4-6-18/h2-14H,15H2,1H3,(H,24,26). The van der Waals surface area contributed by atoms with Crippen molar-refractivity contribution in [2.45, 2.75) is 20.7 Å². The normalized spacial score (nSPS) is 10.8. The molecular formula is C22H19N3O2S2. The van der Waals surface area contributed by atoms with E-state index in [1.54, 1.807) is 36.0 Å². The minimum absolute atomic E-state index is 0.247. The van der Waals surface area contributed by atoms with Crippen LogP contribution in [0.3, 0.4) is 0 Å². The number of amides is 1. The van der Waals surface area contributed by atoms with Crippen LogP contribution in [-0.4, -0.2) is 15.5 Å². The van der Waals surface area contributed by atoms with E-state index in [0.29, 0.717) is 11.5 Å². The monoisotopic (exact) mass is 421 g/mol. The molecule has 0 bridgehead atoms. The molecule has 4 aromatic rings. The number of rotatable bonds is 7. The van der Waals surface area contributed by atoms with Gasteiger partial charge in [0.1, 0.15) is 0 Å². The maximum atomic E-state index is 12.7. The Bertz CT molecular complexity index is 1090. The first-order chi connectivity index (χ1) is 14.2. The third-order valence-electron chi connectivity index (χ3n) is 4.19. The van der Waals surface area contributed by atoms with Gasteiger partial charge in [0.15, 0.2) is 10.9 Å². The number of nitrogens with zero attached hydrogens (tertiary/aromatic N) is 2. The Morgan fingerprint density at radius 1 is 1.07 bits per heavy atom. The summed E-state index contributed by atoms with van der Waals surface area (Å²) in [5, 5.41) is 3.82. The summed E-state index contributed by atoms with van der Waals surface area (Å²) in [5.74, 6) is 0.769. The van der Waals surface area contributed by atoms with Gasteiger partial charge in [0.2, 0.25) is 0 Å². The van der Waals surface area contributed by atoms with Gasteiger partial charge in [-0.25, -0.2) is 4.98 Å². The Hall–Kier alpha value is -2.90. The number of anilines is 1. The van der Waals surface area contributed by atoms with E-state index in [-0.39, 0.29) is 5.91 Å². The second-order valence-electron chi connectivity index (χ2n) is 6.28. The lowest BCUT2D eigenvalue weighted by Gasteiger charge is -2.07. The largest absolute Gasteiger partial charge is 0.459 e. The average Bonchev–Trinajstić information content (AvgIpc) is 3.38. The predicted molar refractivity (Wildman–Crippen MR) is 116 cm³/mol. The molecule has 0 saturated carbocycles. The summed E-state index contributed by atoms with van der Waals surface area (Å²) in [7, 11) is 1.96. The van der Waals surface area contributed by atoms with E-state index >= 15 is 0 Å². The molecule has 2 heterocycles. The number of nitrogens with one attached hydrogen (secondary N) is 1. The number of thioether (sulfide) groups is 1. The van der Waals surface area contributed by atoms with Crippen molar-refractivity contribution in [1.82, 2.24) is 9.55 Å². The van der Waals surface area contributed by atoms with E-state index in [2.05, 4.69) is 22.4 Å². The summed E-state index contributed by atoms with van der Waals surface area (Å²) in [4.78, 5) is 19.2. The number of carbonyl (C=O) groups excluding carboxylic acids is 1.